The topological polar surface area (TPSA) is 101 Å². The molecule has 0 aromatic carbocycles. The normalized spacial score (nSPS) is 23.1. The van der Waals surface area contributed by atoms with Crippen LogP contribution in [0.25, 0.3) is 0 Å². The number of esters is 1. The highest BCUT2D eigenvalue weighted by Gasteiger charge is 2.37. The maximum atomic E-state index is 14.2. The summed E-state index contributed by atoms with van der Waals surface area (Å²) in [6.45, 7) is 7.65. The van der Waals surface area contributed by atoms with Gasteiger partial charge in [0.15, 0.2) is 0 Å². The summed E-state index contributed by atoms with van der Waals surface area (Å²) in [4.78, 5) is 38.8. The second-order valence-corrected chi connectivity index (χ2v) is 9.06. The third-order valence-corrected chi connectivity index (χ3v) is 6.27. The van der Waals surface area contributed by atoms with E-state index in [4.69, 9.17) is 4.74 Å². The standard InChI is InChI=1S/C22H32FN3O5/c1-14(2)26-15(3)18(23)10-17(21(26)29)20(28)24-12-16-4-7-25(8-5-16)13-22(30)6-9-31-19(27)11-22/h10,14,16,30H,4-9,11-13H2,1-3H3,(H,24,28). The lowest BCUT2D eigenvalue weighted by molar-refractivity contribution is -0.161. The van der Waals surface area contributed by atoms with Gasteiger partial charge in [-0.2, -0.15) is 0 Å². The average molecular weight is 438 g/mol. The van der Waals surface area contributed by atoms with Crippen molar-refractivity contribution in [2.75, 3.05) is 32.8 Å². The van der Waals surface area contributed by atoms with Crippen LogP contribution in [0, 0.1) is 18.7 Å². The van der Waals surface area contributed by atoms with Crippen LogP contribution in [0.15, 0.2) is 10.9 Å². The summed E-state index contributed by atoms with van der Waals surface area (Å²) < 4.78 is 20.4. The molecule has 172 valence electrons. The minimum atomic E-state index is -1.04. The van der Waals surface area contributed by atoms with Crippen LogP contribution in [-0.4, -0.2) is 64.8 Å². The second-order valence-electron chi connectivity index (χ2n) is 9.06. The predicted molar refractivity (Wildman–Crippen MR) is 112 cm³/mol. The van der Waals surface area contributed by atoms with Crippen molar-refractivity contribution in [3.8, 4) is 0 Å². The first-order valence-corrected chi connectivity index (χ1v) is 10.9. The van der Waals surface area contributed by atoms with E-state index in [9.17, 15) is 23.9 Å². The van der Waals surface area contributed by atoms with Crippen LogP contribution in [0.1, 0.15) is 61.6 Å². The molecule has 3 heterocycles. The molecule has 1 aromatic heterocycles. The van der Waals surface area contributed by atoms with E-state index >= 15 is 0 Å². The fraction of sp³-hybridized carbons (Fsp3) is 0.682. The lowest BCUT2D eigenvalue weighted by atomic mass is 9.90. The number of rotatable bonds is 6. The number of ether oxygens (including phenoxy) is 1. The average Bonchev–Trinajstić information content (AvgIpc) is 2.69. The van der Waals surface area contributed by atoms with Crippen molar-refractivity contribution in [2.24, 2.45) is 5.92 Å². The summed E-state index contributed by atoms with van der Waals surface area (Å²) in [6, 6.07) is 0.768. The molecule has 0 spiro atoms. The fourth-order valence-corrected chi connectivity index (χ4v) is 4.47. The first-order valence-electron chi connectivity index (χ1n) is 10.9. The van der Waals surface area contributed by atoms with Crippen LogP contribution < -0.4 is 10.9 Å². The molecule has 31 heavy (non-hydrogen) atoms. The summed E-state index contributed by atoms with van der Waals surface area (Å²) in [5.74, 6) is -1.27. The van der Waals surface area contributed by atoms with Crippen molar-refractivity contribution in [3.05, 3.63) is 33.5 Å². The molecule has 9 heteroatoms. The molecule has 1 atom stereocenters. The highest BCUT2D eigenvalue weighted by molar-refractivity contribution is 5.93. The van der Waals surface area contributed by atoms with Crippen LogP contribution in [-0.2, 0) is 9.53 Å². The number of carbonyl (C=O) groups excluding carboxylic acids is 2. The van der Waals surface area contributed by atoms with E-state index in [1.807, 2.05) is 0 Å². The molecular formula is C22H32FN3O5. The molecule has 2 aliphatic rings. The Morgan fingerprint density at radius 1 is 1.35 bits per heavy atom. The number of aromatic nitrogens is 1. The second kappa shape index (κ2) is 9.48. The van der Waals surface area contributed by atoms with Gasteiger partial charge < -0.3 is 24.6 Å². The molecule has 0 bridgehead atoms. The van der Waals surface area contributed by atoms with E-state index in [0.717, 1.165) is 32.0 Å². The highest BCUT2D eigenvalue weighted by atomic mass is 19.1. The lowest BCUT2D eigenvalue weighted by Crippen LogP contribution is -2.50. The van der Waals surface area contributed by atoms with Crippen molar-refractivity contribution in [1.82, 2.24) is 14.8 Å². The zero-order chi connectivity index (χ0) is 22.8. The Morgan fingerprint density at radius 2 is 2.03 bits per heavy atom. The molecule has 1 aromatic rings. The summed E-state index contributed by atoms with van der Waals surface area (Å²) in [5.41, 5.74) is -1.49. The molecule has 2 saturated heterocycles. The molecule has 2 fully saturated rings. The SMILES string of the molecule is Cc1c(F)cc(C(=O)NCC2CCN(CC3(O)CCOC(=O)C3)CC2)c(=O)n1C(C)C. The number of cyclic esters (lactones) is 1. The third kappa shape index (κ3) is 5.51. The van der Waals surface area contributed by atoms with Gasteiger partial charge in [0.25, 0.3) is 11.5 Å². The number of aliphatic hydroxyl groups is 1. The van der Waals surface area contributed by atoms with E-state index in [2.05, 4.69) is 10.2 Å². The van der Waals surface area contributed by atoms with Gasteiger partial charge in [0.05, 0.1) is 24.3 Å². The number of nitrogens with zero attached hydrogens (tertiary/aromatic N) is 2. The van der Waals surface area contributed by atoms with Crippen molar-refractivity contribution in [3.63, 3.8) is 0 Å². The first kappa shape index (κ1) is 23.4. The number of hydrogen-bond donors (Lipinski definition) is 2. The molecule has 2 aliphatic heterocycles. The summed E-state index contributed by atoms with van der Waals surface area (Å²) in [6.07, 6.45) is 2.10. The van der Waals surface area contributed by atoms with Crippen LogP contribution in [0.2, 0.25) is 0 Å². The van der Waals surface area contributed by atoms with Crippen LogP contribution in [0.5, 0.6) is 0 Å². The smallest absolute Gasteiger partial charge is 0.308 e. The molecule has 3 rings (SSSR count). The summed E-state index contributed by atoms with van der Waals surface area (Å²) >= 11 is 0. The maximum Gasteiger partial charge on any atom is 0.308 e. The molecule has 1 unspecified atom stereocenters. The van der Waals surface area contributed by atoms with Gasteiger partial charge in [-0.1, -0.05) is 0 Å². The molecular weight excluding hydrogens is 405 g/mol. The maximum absolute atomic E-state index is 14.2. The van der Waals surface area contributed by atoms with Gasteiger partial charge in [-0.3, -0.25) is 14.4 Å². The number of piperidine rings is 1. The number of pyridine rings is 1. The molecule has 0 aliphatic carbocycles. The minimum absolute atomic E-state index is 0.0179. The largest absolute Gasteiger partial charge is 0.465 e. The number of nitrogens with one attached hydrogen (secondary N) is 1. The van der Waals surface area contributed by atoms with E-state index in [1.165, 1.54) is 11.5 Å². The number of halogens is 1. The Bertz CT molecular complexity index is 892. The van der Waals surface area contributed by atoms with Gasteiger partial charge >= 0.3 is 5.97 Å². The zero-order valence-electron chi connectivity index (χ0n) is 18.4. The Balaban J connectivity index is 1.53. The Morgan fingerprint density at radius 3 is 2.65 bits per heavy atom. The predicted octanol–water partition coefficient (Wildman–Crippen LogP) is 1.39. The number of likely N-dealkylation sites (tertiary alicyclic amines) is 1. The Kier molecular flexibility index (Phi) is 7.16. The van der Waals surface area contributed by atoms with Crippen molar-refractivity contribution >= 4 is 11.9 Å². The number of β-amino-alcohol motifs (C(OH)–C–C–N with tert-alkyl or cyclic N) is 1. The van der Waals surface area contributed by atoms with Crippen LogP contribution >= 0.6 is 0 Å². The van der Waals surface area contributed by atoms with Gasteiger partial charge in [0.1, 0.15) is 11.4 Å². The Hall–Kier alpha value is -2.26. The van der Waals surface area contributed by atoms with E-state index in [0.29, 0.717) is 19.5 Å². The third-order valence-electron chi connectivity index (χ3n) is 6.27. The van der Waals surface area contributed by atoms with E-state index in [-0.39, 0.29) is 42.2 Å². The van der Waals surface area contributed by atoms with E-state index in [1.54, 1.807) is 13.8 Å². The van der Waals surface area contributed by atoms with Gasteiger partial charge in [0, 0.05) is 25.6 Å². The number of carbonyl (C=O) groups is 2. The first-order chi connectivity index (χ1) is 14.6. The zero-order valence-corrected chi connectivity index (χ0v) is 18.4. The molecule has 0 radical (unpaired) electrons. The monoisotopic (exact) mass is 437 g/mol. The Labute approximate surface area is 181 Å². The summed E-state index contributed by atoms with van der Waals surface area (Å²) in [5, 5.41) is 13.4. The summed E-state index contributed by atoms with van der Waals surface area (Å²) in [7, 11) is 0. The van der Waals surface area contributed by atoms with Crippen molar-refractivity contribution < 1.29 is 23.8 Å². The quantitative estimate of drug-likeness (QED) is 0.653. The number of hydrogen-bond acceptors (Lipinski definition) is 6. The molecule has 2 N–H and O–H groups in total. The van der Waals surface area contributed by atoms with Crippen molar-refractivity contribution in [1.29, 1.82) is 0 Å². The van der Waals surface area contributed by atoms with Gasteiger partial charge in [-0.05, 0) is 58.7 Å². The lowest BCUT2D eigenvalue weighted by Gasteiger charge is -2.39. The molecule has 1 amide bonds. The van der Waals surface area contributed by atoms with Gasteiger partial charge in [-0.15, -0.1) is 0 Å². The minimum Gasteiger partial charge on any atom is -0.465 e. The van der Waals surface area contributed by atoms with Crippen molar-refractivity contribution in [2.45, 2.75) is 58.1 Å². The van der Waals surface area contributed by atoms with Gasteiger partial charge in [-0.25, -0.2) is 4.39 Å². The fourth-order valence-electron chi connectivity index (χ4n) is 4.47. The van der Waals surface area contributed by atoms with Gasteiger partial charge in [0.2, 0.25) is 0 Å². The molecule has 8 nitrogen and oxygen atoms in total. The number of amides is 1. The van der Waals surface area contributed by atoms with Crippen LogP contribution in [0.3, 0.4) is 0 Å². The van der Waals surface area contributed by atoms with E-state index < -0.39 is 22.9 Å². The molecule has 0 saturated carbocycles. The van der Waals surface area contributed by atoms with Crippen LogP contribution in [0.4, 0.5) is 4.39 Å². The highest BCUT2D eigenvalue weighted by Crippen LogP contribution is 2.25.